The number of piperazine rings is 1. The van der Waals surface area contributed by atoms with Crippen LogP contribution < -0.4 is 5.32 Å². The lowest BCUT2D eigenvalue weighted by atomic mass is 9.96. The Labute approximate surface area is 159 Å². The Balaban J connectivity index is 2.07. The first-order valence-electron chi connectivity index (χ1n) is 8.70. The first-order chi connectivity index (χ1) is 11.8. The van der Waals surface area contributed by atoms with Gasteiger partial charge in [0, 0.05) is 48.8 Å². The summed E-state index contributed by atoms with van der Waals surface area (Å²) in [5, 5.41) is 9.01. The predicted octanol–water partition coefficient (Wildman–Crippen LogP) is 4.96. The second-order valence-corrected chi connectivity index (χ2v) is 8.35. The van der Waals surface area contributed by atoms with E-state index in [2.05, 4.69) is 43.1 Å². The molecule has 4 nitrogen and oxygen atoms in total. The molecule has 0 radical (unpaired) electrons. The van der Waals surface area contributed by atoms with Crippen LogP contribution in [0.5, 0.6) is 0 Å². The Morgan fingerprint density at radius 1 is 1.28 bits per heavy atom. The topological polar surface area (TPSA) is 41.3 Å². The van der Waals surface area contributed by atoms with Gasteiger partial charge in [0.2, 0.25) is 0 Å². The van der Waals surface area contributed by atoms with Gasteiger partial charge in [-0.2, -0.15) is 0 Å². The molecule has 136 valence electrons. The Hall–Kier alpha value is -1.07. The van der Waals surface area contributed by atoms with Crippen LogP contribution >= 0.6 is 23.2 Å². The molecule has 2 aromatic rings. The maximum Gasteiger partial charge on any atom is 0.144 e. The van der Waals surface area contributed by atoms with Gasteiger partial charge in [-0.05, 0) is 26.0 Å². The van der Waals surface area contributed by atoms with E-state index in [-0.39, 0.29) is 11.5 Å². The first-order valence-corrected chi connectivity index (χ1v) is 9.45. The number of halogens is 2. The zero-order valence-electron chi connectivity index (χ0n) is 15.2. The molecule has 3 rings (SSSR count). The lowest BCUT2D eigenvalue weighted by Crippen LogP contribution is -2.57. The fraction of sp³-hybridized carbons (Fsp3) is 0.526. The Bertz CT molecular complexity index is 735. The maximum atomic E-state index is 6.43. The molecular formula is C19H25Cl2N3O. The van der Waals surface area contributed by atoms with Crippen molar-refractivity contribution in [2.45, 2.75) is 45.7 Å². The quantitative estimate of drug-likeness (QED) is 0.812. The van der Waals surface area contributed by atoms with Gasteiger partial charge in [-0.15, -0.1) is 0 Å². The summed E-state index contributed by atoms with van der Waals surface area (Å²) < 4.78 is 5.72. The molecule has 1 aliphatic heterocycles. The smallest absolute Gasteiger partial charge is 0.144 e. The summed E-state index contributed by atoms with van der Waals surface area (Å²) in [6.45, 7) is 12.4. The van der Waals surface area contributed by atoms with Crippen LogP contribution in [0.3, 0.4) is 0 Å². The van der Waals surface area contributed by atoms with Crippen molar-refractivity contribution in [3.63, 3.8) is 0 Å². The lowest BCUT2D eigenvalue weighted by molar-refractivity contribution is 0.0822. The van der Waals surface area contributed by atoms with Gasteiger partial charge in [-0.3, -0.25) is 4.90 Å². The van der Waals surface area contributed by atoms with Crippen LogP contribution in [-0.2, 0) is 6.54 Å². The molecule has 1 fully saturated rings. The molecule has 0 bridgehead atoms. The van der Waals surface area contributed by atoms with Gasteiger partial charge in [0.1, 0.15) is 11.5 Å². The zero-order valence-corrected chi connectivity index (χ0v) is 16.7. The molecule has 6 heteroatoms. The minimum atomic E-state index is 0.0608. The van der Waals surface area contributed by atoms with E-state index in [0.29, 0.717) is 10.0 Å². The van der Waals surface area contributed by atoms with E-state index in [4.69, 9.17) is 27.7 Å². The van der Waals surface area contributed by atoms with Crippen LogP contribution in [0.15, 0.2) is 22.7 Å². The molecule has 0 atom stereocenters. The molecule has 0 amide bonds. The molecule has 2 heterocycles. The van der Waals surface area contributed by atoms with E-state index < -0.39 is 0 Å². The Morgan fingerprint density at radius 3 is 2.56 bits per heavy atom. The third kappa shape index (κ3) is 3.72. The second-order valence-electron chi connectivity index (χ2n) is 7.54. The Kier molecular flexibility index (Phi) is 5.45. The van der Waals surface area contributed by atoms with Gasteiger partial charge in [-0.25, -0.2) is 0 Å². The highest BCUT2D eigenvalue weighted by Gasteiger charge is 2.33. The molecule has 1 saturated heterocycles. The van der Waals surface area contributed by atoms with Crippen molar-refractivity contribution in [2.24, 2.45) is 0 Å². The number of benzene rings is 1. The SMILES string of the molecule is CC(C)c1onc(-c2c(Cl)cccc2Cl)c1CN1CCNCC1(C)C. The van der Waals surface area contributed by atoms with Crippen molar-refractivity contribution in [3.05, 3.63) is 39.6 Å². The monoisotopic (exact) mass is 381 g/mol. The number of nitrogens with zero attached hydrogens (tertiary/aromatic N) is 2. The van der Waals surface area contributed by atoms with E-state index in [1.165, 1.54) is 0 Å². The van der Waals surface area contributed by atoms with E-state index >= 15 is 0 Å². The van der Waals surface area contributed by atoms with Gasteiger partial charge in [0.05, 0.1) is 10.0 Å². The highest BCUT2D eigenvalue weighted by Crippen LogP contribution is 2.39. The molecule has 0 unspecified atom stereocenters. The van der Waals surface area contributed by atoms with Gasteiger partial charge >= 0.3 is 0 Å². The Morgan fingerprint density at radius 2 is 1.96 bits per heavy atom. The standard InChI is InChI=1S/C19H25Cl2N3O/c1-12(2)18-13(10-24-9-8-22-11-19(24,3)4)17(23-25-18)16-14(20)6-5-7-15(16)21/h5-7,12,22H,8-11H2,1-4H3. The average Bonchev–Trinajstić information content (AvgIpc) is 2.93. The van der Waals surface area contributed by atoms with Crippen LogP contribution in [0.25, 0.3) is 11.3 Å². The molecule has 1 N–H and O–H groups in total. The van der Waals surface area contributed by atoms with E-state index in [1.807, 2.05) is 18.2 Å². The van der Waals surface area contributed by atoms with E-state index in [1.54, 1.807) is 0 Å². The zero-order chi connectivity index (χ0) is 18.2. The molecule has 1 aliphatic rings. The van der Waals surface area contributed by atoms with Crippen LogP contribution in [0.1, 0.15) is 44.9 Å². The third-order valence-electron chi connectivity index (χ3n) is 4.86. The minimum absolute atomic E-state index is 0.0608. The molecule has 0 saturated carbocycles. The van der Waals surface area contributed by atoms with Crippen LogP contribution in [-0.4, -0.2) is 35.2 Å². The fourth-order valence-electron chi connectivity index (χ4n) is 3.36. The van der Waals surface area contributed by atoms with E-state index in [9.17, 15) is 0 Å². The summed E-state index contributed by atoms with van der Waals surface area (Å²) in [7, 11) is 0. The summed E-state index contributed by atoms with van der Waals surface area (Å²) in [6.07, 6.45) is 0. The lowest BCUT2D eigenvalue weighted by Gasteiger charge is -2.43. The maximum absolute atomic E-state index is 6.43. The van der Waals surface area contributed by atoms with Gasteiger partial charge in [0.15, 0.2) is 0 Å². The first kappa shape index (κ1) is 18.7. The van der Waals surface area contributed by atoms with Crippen molar-refractivity contribution in [1.82, 2.24) is 15.4 Å². The van der Waals surface area contributed by atoms with Crippen LogP contribution in [0, 0.1) is 0 Å². The van der Waals surface area contributed by atoms with Crippen molar-refractivity contribution >= 4 is 23.2 Å². The van der Waals surface area contributed by atoms with E-state index in [0.717, 1.165) is 48.8 Å². The molecule has 1 aromatic heterocycles. The van der Waals surface area contributed by atoms with Gasteiger partial charge < -0.3 is 9.84 Å². The summed E-state index contributed by atoms with van der Waals surface area (Å²) in [5.41, 5.74) is 2.66. The van der Waals surface area contributed by atoms with Gasteiger partial charge in [-0.1, -0.05) is 48.3 Å². The molecule has 0 spiro atoms. The molecular weight excluding hydrogens is 357 g/mol. The average molecular weight is 382 g/mol. The molecule has 0 aliphatic carbocycles. The summed E-state index contributed by atoms with van der Waals surface area (Å²) in [4.78, 5) is 2.47. The number of hydrogen-bond acceptors (Lipinski definition) is 4. The third-order valence-corrected chi connectivity index (χ3v) is 5.49. The van der Waals surface area contributed by atoms with Gasteiger partial charge in [0.25, 0.3) is 0 Å². The predicted molar refractivity (Wildman–Crippen MR) is 103 cm³/mol. The molecule has 1 aromatic carbocycles. The van der Waals surface area contributed by atoms with Crippen molar-refractivity contribution < 1.29 is 4.52 Å². The number of nitrogens with one attached hydrogen (secondary N) is 1. The van der Waals surface area contributed by atoms with Crippen molar-refractivity contribution in [3.8, 4) is 11.3 Å². The fourth-order valence-corrected chi connectivity index (χ4v) is 3.93. The highest BCUT2D eigenvalue weighted by atomic mass is 35.5. The number of rotatable bonds is 4. The summed E-state index contributed by atoms with van der Waals surface area (Å²) in [5.74, 6) is 1.14. The minimum Gasteiger partial charge on any atom is -0.360 e. The van der Waals surface area contributed by atoms with Crippen molar-refractivity contribution in [2.75, 3.05) is 19.6 Å². The summed E-state index contributed by atoms with van der Waals surface area (Å²) in [6, 6.07) is 5.52. The van der Waals surface area contributed by atoms with Crippen molar-refractivity contribution in [1.29, 1.82) is 0 Å². The summed E-state index contributed by atoms with van der Waals surface area (Å²) >= 11 is 12.9. The van der Waals surface area contributed by atoms with Crippen LogP contribution in [0.4, 0.5) is 0 Å². The number of hydrogen-bond donors (Lipinski definition) is 1. The van der Waals surface area contributed by atoms with Crippen LogP contribution in [0.2, 0.25) is 10.0 Å². The molecule has 25 heavy (non-hydrogen) atoms. The largest absolute Gasteiger partial charge is 0.360 e. The highest BCUT2D eigenvalue weighted by molar-refractivity contribution is 6.39. The number of aromatic nitrogens is 1. The second kappa shape index (κ2) is 7.28. The normalized spacial score (nSPS) is 18.0.